The van der Waals surface area contributed by atoms with Crippen LogP contribution in [-0.2, 0) is 14.3 Å². The lowest BCUT2D eigenvalue weighted by atomic mass is 10.2. The van der Waals surface area contributed by atoms with Gasteiger partial charge in [0.1, 0.15) is 0 Å². The Morgan fingerprint density at radius 2 is 2.04 bits per heavy atom. The number of anilines is 1. The van der Waals surface area contributed by atoms with Gasteiger partial charge in [-0.3, -0.25) is 14.9 Å². The Hall–Kier alpha value is -1.63. The van der Waals surface area contributed by atoms with Crippen LogP contribution in [0.2, 0.25) is 10.0 Å². The average molecular weight is 373 g/mol. The molecular weight excluding hydrogens is 359 g/mol. The number of carbonyl (C=O) groups excluding carboxylic acids is 2. The van der Waals surface area contributed by atoms with Crippen LogP contribution < -0.4 is 5.32 Å². The minimum absolute atomic E-state index is 0.274. The van der Waals surface area contributed by atoms with E-state index >= 15 is 0 Å². The first-order chi connectivity index (χ1) is 10.9. The molecule has 122 valence electrons. The van der Waals surface area contributed by atoms with E-state index in [1.54, 1.807) is 37.4 Å². The van der Waals surface area contributed by atoms with Crippen LogP contribution >= 0.6 is 34.5 Å². The standard InChI is InChI=1S/C15H14Cl2N2O3S/c1-8(2)14(21)22-6-13(20)19-15-18-12(7-23-15)9-3-4-10(16)11(17)5-9/h3-5,7-8H,6H2,1-2H3,(H,18,19,20). The third-order valence-corrected chi connectivity index (χ3v) is 4.28. The van der Waals surface area contributed by atoms with E-state index in [1.165, 1.54) is 11.3 Å². The molecule has 0 spiro atoms. The summed E-state index contributed by atoms with van der Waals surface area (Å²) < 4.78 is 4.85. The number of hydrogen-bond acceptors (Lipinski definition) is 5. The smallest absolute Gasteiger partial charge is 0.308 e. The first-order valence-corrected chi connectivity index (χ1v) is 8.38. The number of esters is 1. The van der Waals surface area contributed by atoms with E-state index in [9.17, 15) is 9.59 Å². The van der Waals surface area contributed by atoms with Gasteiger partial charge >= 0.3 is 5.97 Å². The lowest BCUT2D eigenvalue weighted by Crippen LogP contribution is -2.22. The highest BCUT2D eigenvalue weighted by Gasteiger charge is 2.13. The fourth-order valence-corrected chi connectivity index (χ4v) is 2.61. The van der Waals surface area contributed by atoms with Crippen molar-refractivity contribution in [3.05, 3.63) is 33.6 Å². The number of rotatable bonds is 5. The minimum Gasteiger partial charge on any atom is -0.455 e. The number of aromatic nitrogens is 1. The number of carbonyl (C=O) groups is 2. The molecule has 0 unspecified atom stereocenters. The molecule has 0 aliphatic rings. The monoisotopic (exact) mass is 372 g/mol. The predicted molar refractivity (Wildman–Crippen MR) is 92.0 cm³/mol. The molecule has 2 rings (SSSR count). The van der Waals surface area contributed by atoms with Crippen LogP contribution in [0.3, 0.4) is 0 Å². The number of ether oxygens (including phenoxy) is 1. The van der Waals surface area contributed by atoms with Gasteiger partial charge in [0.25, 0.3) is 5.91 Å². The molecule has 0 aliphatic heterocycles. The second-order valence-electron chi connectivity index (χ2n) is 4.98. The Labute approximate surface area is 147 Å². The van der Waals surface area contributed by atoms with Crippen molar-refractivity contribution >= 4 is 51.5 Å². The highest BCUT2D eigenvalue weighted by molar-refractivity contribution is 7.14. The maximum Gasteiger partial charge on any atom is 0.308 e. The summed E-state index contributed by atoms with van der Waals surface area (Å²) in [6, 6.07) is 5.18. The molecule has 0 saturated carbocycles. The van der Waals surface area contributed by atoms with Gasteiger partial charge in [0, 0.05) is 10.9 Å². The van der Waals surface area contributed by atoms with Crippen LogP contribution in [0.1, 0.15) is 13.8 Å². The van der Waals surface area contributed by atoms with Gasteiger partial charge in [-0.2, -0.15) is 0 Å². The van der Waals surface area contributed by atoms with Gasteiger partial charge in [-0.25, -0.2) is 4.98 Å². The molecular formula is C15H14Cl2N2O3S. The Kier molecular flexibility index (Phi) is 5.98. The summed E-state index contributed by atoms with van der Waals surface area (Å²) >= 11 is 13.1. The van der Waals surface area contributed by atoms with Crippen LogP contribution in [0, 0.1) is 5.92 Å². The van der Waals surface area contributed by atoms with E-state index in [-0.39, 0.29) is 12.5 Å². The molecule has 0 atom stereocenters. The number of nitrogens with one attached hydrogen (secondary N) is 1. The van der Waals surface area contributed by atoms with E-state index in [4.69, 9.17) is 27.9 Å². The highest BCUT2D eigenvalue weighted by atomic mass is 35.5. The Balaban J connectivity index is 1.98. The zero-order valence-electron chi connectivity index (χ0n) is 12.4. The maximum atomic E-state index is 11.7. The van der Waals surface area contributed by atoms with E-state index in [0.717, 1.165) is 5.56 Å². The number of benzene rings is 1. The first-order valence-electron chi connectivity index (χ1n) is 6.74. The number of hydrogen-bond donors (Lipinski definition) is 1. The molecule has 5 nitrogen and oxygen atoms in total. The predicted octanol–water partition coefficient (Wildman–Crippen LogP) is 4.25. The van der Waals surface area contributed by atoms with E-state index in [0.29, 0.717) is 20.9 Å². The molecule has 8 heteroatoms. The van der Waals surface area contributed by atoms with E-state index < -0.39 is 11.9 Å². The molecule has 1 aromatic carbocycles. The third kappa shape index (κ3) is 4.92. The van der Waals surface area contributed by atoms with Gasteiger partial charge in [-0.1, -0.05) is 43.1 Å². The third-order valence-electron chi connectivity index (χ3n) is 2.78. The summed E-state index contributed by atoms with van der Waals surface area (Å²) in [5.74, 6) is -1.13. The Morgan fingerprint density at radius 1 is 1.30 bits per heavy atom. The number of amides is 1. The lowest BCUT2D eigenvalue weighted by molar-refractivity contribution is -0.150. The molecule has 0 radical (unpaired) electrons. The summed E-state index contributed by atoms with van der Waals surface area (Å²) in [6.45, 7) is 3.06. The lowest BCUT2D eigenvalue weighted by Gasteiger charge is -2.06. The van der Waals surface area contributed by atoms with Gasteiger partial charge in [0.15, 0.2) is 11.7 Å². The van der Waals surface area contributed by atoms with Crippen molar-refractivity contribution in [2.75, 3.05) is 11.9 Å². The number of thiazole rings is 1. The topological polar surface area (TPSA) is 68.3 Å². The molecule has 1 heterocycles. The number of nitrogens with zero attached hydrogens (tertiary/aromatic N) is 1. The summed E-state index contributed by atoms with van der Waals surface area (Å²) in [6.07, 6.45) is 0. The second kappa shape index (κ2) is 7.77. The summed E-state index contributed by atoms with van der Waals surface area (Å²) in [5, 5.41) is 5.68. The van der Waals surface area contributed by atoms with Crippen LogP contribution in [0.15, 0.2) is 23.6 Å². The molecule has 1 aromatic heterocycles. The largest absolute Gasteiger partial charge is 0.455 e. The van der Waals surface area contributed by atoms with Gasteiger partial charge in [0.05, 0.1) is 21.7 Å². The summed E-state index contributed by atoms with van der Waals surface area (Å²) in [4.78, 5) is 27.3. The van der Waals surface area contributed by atoms with Gasteiger partial charge in [-0.15, -0.1) is 11.3 Å². The van der Waals surface area contributed by atoms with Crippen LogP contribution in [-0.4, -0.2) is 23.5 Å². The van der Waals surface area contributed by atoms with Crippen LogP contribution in [0.5, 0.6) is 0 Å². The average Bonchev–Trinajstić information content (AvgIpc) is 2.95. The van der Waals surface area contributed by atoms with Crippen LogP contribution in [0.4, 0.5) is 5.13 Å². The minimum atomic E-state index is -0.436. The first kappa shape index (κ1) is 17.7. The van der Waals surface area contributed by atoms with Gasteiger partial charge < -0.3 is 4.74 Å². The van der Waals surface area contributed by atoms with Crippen molar-refractivity contribution in [3.63, 3.8) is 0 Å². The van der Waals surface area contributed by atoms with Gasteiger partial charge in [0.2, 0.25) is 0 Å². The Bertz CT molecular complexity index is 731. The van der Waals surface area contributed by atoms with Crippen molar-refractivity contribution in [1.29, 1.82) is 0 Å². The van der Waals surface area contributed by atoms with Crippen molar-refractivity contribution in [2.24, 2.45) is 5.92 Å². The SMILES string of the molecule is CC(C)C(=O)OCC(=O)Nc1nc(-c2ccc(Cl)c(Cl)c2)cs1. The fourth-order valence-electron chi connectivity index (χ4n) is 1.58. The Morgan fingerprint density at radius 3 is 2.70 bits per heavy atom. The van der Waals surface area contributed by atoms with Crippen molar-refractivity contribution < 1.29 is 14.3 Å². The zero-order valence-corrected chi connectivity index (χ0v) is 14.8. The van der Waals surface area contributed by atoms with Crippen molar-refractivity contribution in [1.82, 2.24) is 4.98 Å². The van der Waals surface area contributed by atoms with E-state index in [2.05, 4.69) is 10.3 Å². The molecule has 1 N–H and O–H groups in total. The molecule has 1 amide bonds. The van der Waals surface area contributed by atoms with Crippen LogP contribution in [0.25, 0.3) is 11.3 Å². The quantitative estimate of drug-likeness (QED) is 0.796. The summed E-state index contributed by atoms with van der Waals surface area (Å²) in [5.41, 5.74) is 1.46. The fraction of sp³-hybridized carbons (Fsp3) is 0.267. The van der Waals surface area contributed by atoms with Crippen molar-refractivity contribution in [3.8, 4) is 11.3 Å². The molecule has 0 bridgehead atoms. The van der Waals surface area contributed by atoms with Gasteiger partial charge in [-0.05, 0) is 12.1 Å². The highest BCUT2D eigenvalue weighted by Crippen LogP contribution is 2.30. The van der Waals surface area contributed by atoms with E-state index in [1.807, 2.05) is 0 Å². The summed E-state index contributed by atoms with van der Waals surface area (Å²) in [7, 11) is 0. The maximum absolute atomic E-state index is 11.7. The number of halogens is 2. The molecule has 0 aliphatic carbocycles. The second-order valence-corrected chi connectivity index (χ2v) is 6.65. The van der Waals surface area contributed by atoms with Crippen molar-refractivity contribution in [2.45, 2.75) is 13.8 Å². The molecule has 2 aromatic rings. The zero-order chi connectivity index (χ0) is 17.0. The normalized spacial score (nSPS) is 10.7. The molecule has 0 saturated heterocycles. The molecule has 23 heavy (non-hydrogen) atoms. The molecule has 0 fully saturated rings.